The minimum atomic E-state index is -1.43. The van der Waals surface area contributed by atoms with Gasteiger partial charge in [0.15, 0.2) is 0 Å². The fourth-order valence-electron chi connectivity index (χ4n) is 0.0781. The number of hydrogen-bond acceptors (Lipinski definition) is 5. The monoisotopic (exact) mass is 179 g/mol. The number of nitrogens with two attached hydrogens (primary N) is 1. The summed E-state index contributed by atoms with van der Waals surface area (Å²) in [5.41, 5.74) is 4.77. The van der Waals surface area contributed by atoms with Crippen LogP contribution in [0.5, 0.6) is 0 Å². The fraction of sp³-hybridized carbons (Fsp3) is 0.400. The second-order valence-corrected chi connectivity index (χ2v) is 1.58. The number of aliphatic hydroxyl groups is 1. The molecular formula is C5H9NO6. The van der Waals surface area contributed by atoms with Crippen LogP contribution in [-0.4, -0.2) is 46.2 Å². The Labute approximate surface area is 67.4 Å². The molecule has 7 nitrogen and oxygen atoms in total. The lowest BCUT2D eigenvalue weighted by Crippen LogP contribution is -2.33. The number of carbonyl (C=O) groups is 3. The number of carboxylic acid groups (broad SMARTS) is 2. The maximum absolute atomic E-state index is 9.65. The highest BCUT2D eigenvalue weighted by atomic mass is 16.4. The molecule has 5 N–H and O–H groups in total. The predicted octanol–water partition coefficient (Wildman–Crippen LogP) is -2.34. The standard InChI is InChI=1S/C3H7NO3.C2H2O3/c4-2(1-5)3(6)7;3-1-2(4)5/h2,5H,1,4H2,(H,6,7);1H,(H,4,5). The van der Waals surface area contributed by atoms with E-state index in [0.29, 0.717) is 0 Å². The molecule has 0 saturated carbocycles. The molecule has 70 valence electrons. The van der Waals surface area contributed by atoms with Crippen molar-refractivity contribution in [3.63, 3.8) is 0 Å². The zero-order valence-corrected chi connectivity index (χ0v) is 6.01. The Balaban J connectivity index is 0. The Morgan fingerprint density at radius 2 is 1.75 bits per heavy atom. The number of rotatable bonds is 3. The van der Waals surface area contributed by atoms with Crippen LogP contribution < -0.4 is 5.73 Å². The van der Waals surface area contributed by atoms with Gasteiger partial charge in [-0.1, -0.05) is 0 Å². The maximum Gasteiger partial charge on any atom is 0.368 e. The van der Waals surface area contributed by atoms with Gasteiger partial charge >= 0.3 is 11.9 Å². The lowest BCUT2D eigenvalue weighted by Gasteiger charge is -1.96. The average molecular weight is 179 g/mol. The van der Waals surface area contributed by atoms with Gasteiger partial charge < -0.3 is 21.1 Å². The molecule has 0 rings (SSSR count). The van der Waals surface area contributed by atoms with E-state index < -0.39 is 24.6 Å². The highest BCUT2D eigenvalue weighted by molar-refractivity contribution is 6.19. The molecule has 1 unspecified atom stereocenters. The van der Waals surface area contributed by atoms with E-state index in [9.17, 15) is 4.79 Å². The summed E-state index contributed by atoms with van der Waals surface area (Å²) < 4.78 is 0. The molecule has 0 fully saturated rings. The molecule has 0 aliphatic heterocycles. The van der Waals surface area contributed by atoms with Gasteiger partial charge in [0.25, 0.3) is 0 Å². The summed E-state index contributed by atoms with van der Waals surface area (Å²) in [6.45, 7) is -0.505. The van der Waals surface area contributed by atoms with Crippen LogP contribution in [0.25, 0.3) is 0 Å². The fourth-order valence-corrected chi connectivity index (χ4v) is 0.0781. The number of aldehydes is 1. The summed E-state index contributed by atoms with van der Waals surface area (Å²) in [5, 5.41) is 23.3. The van der Waals surface area contributed by atoms with Gasteiger partial charge in [-0.15, -0.1) is 0 Å². The van der Waals surface area contributed by atoms with Crippen molar-refractivity contribution in [3.8, 4) is 0 Å². The van der Waals surface area contributed by atoms with E-state index in [1.807, 2.05) is 0 Å². The molecule has 0 saturated heterocycles. The van der Waals surface area contributed by atoms with Gasteiger partial charge in [-0.2, -0.15) is 0 Å². The first-order valence-corrected chi connectivity index (χ1v) is 2.73. The minimum absolute atomic E-state index is 0.167. The maximum atomic E-state index is 9.65. The van der Waals surface area contributed by atoms with Crippen molar-refractivity contribution in [1.29, 1.82) is 0 Å². The molecule has 0 amide bonds. The van der Waals surface area contributed by atoms with E-state index in [2.05, 4.69) is 0 Å². The second-order valence-electron chi connectivity index (χ2n) is 1.58. The Hall–Kier alpha value is -1.47. The van der Waals surface area contributed by atoms with Crippen LogP contribution in [0.15, 0.2) is 0 Å². The average Bonchev–Trinajstić information content (AvgIpc) is 2.04. The second kappa shape index (κ2) is 7.63. The topological polar surface area (TPSA) is 138 Å². The first kappa shape index (κ1) is 13.1. The Bertz CT molecular complexity index is 167. The van der Waals surface area contributed by atoms with Gasteiger partial charge in [-0.3, -0.25) is 9.59 Å². The van der Waals surface area contributed by atoms with Crippen molar-refractivity contribution in [2.75, 3.05) is 6.61 Å². The van der Waals surface area contributed by atoms with Crippen LogP contribution in [-0.2, 0) is 14.4 Å². The Morgan fingerprint density at radius 1 is 1.42 bits per heavy atom. The first-order valence-electron chi connectivity index (χ1n) is 2.73. The van der Waals surface area contributed by atoms with Crippen molar-refractivity contribution < 1.29 is 29.7 Å². The van der Waals surface area contributed by atoms with Crippen molar-refractivity contribution >= 4 is 18.2 Å². The summed E-state index contributed by atoms with van der Waals surface area (Å²) in [5.74, 6) is -2.60. The summed E-state index contributed by atoms with van der Waals surface area (Å²) in [6, 6.07) is -1.13. The molecule has 0 aromatic rings. The molecule has 0 aromatic carbocycles. The molecule has 0 aromatic heterocycles. The zero-order chi connectivity index (χ0) is 10.1. The molecule has 0 heterocycles. The highest BCUT2D eigenvalue weighted by Gasteiger charge is 2.06. The van der Waals surface area contributed by atoms with E-state index >= 15 is 0 Å². The van der Waals surface area contributed by atoms with E-state index in [-0.39, 0.29) is 6.29 Å². The van der Waals surface area contributed by atoms with Crippen molar-refractivity contribution in [2.45, 2.75) is 6.04 Å². The third-order valence-electron chi connectivity index (χ3n) is 0.615. The molecular weight excluding hydrogens is 170 g/mol. The largest absolute Gasteiger partial charge is 0.480 e. The van der Waals surface area contributed by atoms with Gasteiger partial charge in [0, 0.05) is 0 Å². The molecule has 0 spiro atoms. The summed E-state index contributed by atoms with van der Waals surface area (Å²) in [6.07, 6.45) is -0.167. The summed E-state index contributed by atoms with van der Waals surface area (Å²) in [4.78, 5) is 27.6. The van der Waals surface area contributed by atoms with E-state index in [1.165, 1.54) is 0 Å². The number of aliphatic hydroxyl groups excluding tert-OH is 1. The van der Waals surface area contributed by atoms with Gasteiger partial charge in [-0.25, -0.2) is 4.79 Å². The molecule has 7 heteroatoms. The third kappa shape index (κ3) is 11.3. The third-order valence-corrected chi connectivity index (χ3v) is 0.615. The number of hydrogen-bond donors (Lipinski definition) is 4. The van der Waals surface area contributed by atoms with Crippen molar-refractivity contribution in [1.82, 2.24) is 0 Å². The van der Waals surface area contributed by atoms with Crippen LogP contribution >= 0.6 is 0 Å². The lowest BCUT2D eigenvalue weighted by atomic mass is 10.3. The first-order chi connectivity index (χ1) is 5.45. The van der Waals surface area contributed by atoms with Crippen LogP contribution in [0.3, 0.4) is 0 Å². The molecule has 0 bridgehead atoms. The predicted molar refractivity (Wildman–Crippen MR) is 36.4 cm³/mol. The Kier molecular flexibility index (Phi) is 8.36. The van der Waals surface area contributed by atoms with Crippen LogP contribution in [0, 0.1) is 0 Å². The molecule has 12 heavy (non-hydrogen) atoms. The number of carboxylic acids is 2. The van der Waals surface area contributed by atoms with Crippen LogP contribution in [0.2, 0.25) is 0 Å². The normalized spacial score (nSPS) is 10.5. The summed E-state index contributed by atoms with van der Waals surface area (Å²) in [7, 11) is 0. The van der Waals surface area contributed by atoms with Gasteiger partial charge in [-0.05, 0) is 0 Å². The highest BCUT2D eigenvalue weighted by Crippen LogP contribution is 1.71. The molecule has 0 aliphatic rings. The van der Waals surface area contributed by atoms with Gasteiger partial charge in [0.2, 0.25) is 6.29 Å². The Morgan fingerprint density at radius 3 is 1.75 bits per heavy atom. The number of carbonyl (C=O) groups excluding carboxylic acids is 1. The van der Waals surface area contributed by atoms with Gasteiger partial charge in [0.05, 0.1) is 6.61 Å². The SMILES string of the molecule is NC(CO)C(=O)O.O=CC(=O)O. The van der Waals surface area contributed by atoms with E-state index in [4.69, 9.17) is 30.6 Å². The van der Waals surface area contributed by atoms with Gasteiger partial charge in [0.1, 0.15) is 6.04 Å². The van der Waals surface area contributed by atoms with E-state index in [1.54, 1.807) is 0 Å². The zero-order valence-electron chi connectivity index (χ0n) is 6.01. The van der Waals surface area contributed by atoms with Crippen LogP contribution in [0.4, 0.5) is 0 Å². The van der Waals surface area contributed by atoms with Crippen molar-refractivity contribution in [2.24, 2.45) is 5.73 Å². The van der Waals surface area contributed by atoms with E-state index in [0.717, 1.165) is 0 Å². The molecule has 0 radical (unpaired) electrons. The smallest absolute Gasteiger partial charge is 0.368 e. The van der Waals surface area contributed by atoms with Crippen LogP contribution in [0.1, 0.15) is 0 Å². The molecule has 1 atom stereocenters. The minimum Gasteiger partial charge on any atom is -0.480 e. The van der Waals surface area contributed by atoms with Crippen molar-refractivity contribution in [3.05, 3.63) is 0 Å². The lowest BCUT2D eigenvalue weighted by molar-refractivity contribution is -0.143. The number of aliphatic carboxylic acids is 2. The quantitative estimate of drug-likeness (QED) is 0.281. The summed E-state index contributed by atoms with van der Waals surface area (Å²) >= 11 is 0. The molecule has 0 aliphatic carbocycles.